The Labute approximate surface area is 123 Å². The quantitative estimate of drug-likeness (QED) is 0.731. The summed E-state index contributed by atoms with van der Waals surface area (Å²) < 4.78 is 14.8. The molecule has 1 unspecified atom stereocenters. The van der Waals surface area contributed by atoms with E-state index in [2.05, 4.69) is 20.5 Å². The van der Waals surface area contributed by atoms with Crippen molar-refractivity contribution in [2.45, 2.75) is 12.5 Å². The van der Waals surface area contributed by atoms with Crippen LogP contribution in [-0.4, -0.2) is 25.9 Å². The third-order valence-electron chi connectivity index (χ3n) is 3.45. The standard InChI is InChI=1S/C14H10FN5S/c15-10-5-3-9(4-6-10)12-8-11(13-2-1-7-21-13)16-14-17-18-19-20(12)14/h1-7,12H,8H2. The second-order valence-corrected chi connectivity index (χ2v) is 5.68. The van der Waals surface area contributed by atoms with Gasteiger partial charge in [0, 0.05) is 11.3 Å². The molecule has 1 aromatic carbocycles. The summed E-state index contributed by atoms with van der Waals surface area (Å²) in [7, 11) is 0. The Balaban J connectivity index is 1.79. The van der Waals surface area contributed by atoms with Gasteiger partial charge in [-0.1, -0.05) is 23.3 Å². The summed E-state index contributed by atoms with van der Waals surface area (Å²) >= 11 is 1.64. The molecule has 1 aliphatic rings. The lowest BCUT2D eigenvalue weighted by Gasteiger charge is -2.22. The van der Waals surface area contributed by atoms with E-state index in [0.717, 1.165) is 16.2 Å². The zero-order chi connectivity index (χ0) is 14.2. The molecular weight excluding hydrogens is 289 g/mol. The molecule has 0 saturated carbocycles. The predicted octanol–water partition coefficient (Wildman–Crippen LogP) is 2.99. The van der Waals surface area contributed by atoms with E-state index in [0.29, 0.717) is 12.4 Å². The maximum absolute atomic E-state index is 13.1. The van der Waals surface area contributed by atoms with E-state index in [1.165, 1.54) is 12.1 Å². The van der Waals surface area contributed by atoms with Crippen molar-refractivity contribution in [3.63, 3.8) is 0 Å². The first-order chi connectivity index (χ1) is 10.3. The summed E-state index contributed by atoms with van der Waals surface area (Å²) in [6, 6.07) is 10.4. The fourth-order valence-corrected chi connectivity index (χ4v) is 3.17. The van der Waals surface area contributed by atoms with E-state index < -0.39 is 0 Å². The third kappa shape index (κ3) is 2.15. The van der Waals surface area contributed by atoms with E-state index in [1.54, 1.807) is 28.2 Å². The molecule has 0 spiro atoms. The van der Waals surface area contributed by atoms with E-state index in [4.69, 9.17) is 0 Å². The summed E-state index contributed by atoms with van der Waals surface area (Å²) in [5, 5.41) is 13.7. The van der Waals surface area contributed by atoms with Crippen LogP contribution in [0.4, 0.5) is 10.3 Å². The van der Waals surface area contributed by atoms with Crippen LogP contribution < -0.4 is 0 Å². The lowest BCUT2D eigenvalue weighted by atomic mass is 9.99. The molecule has 21 heavy (non-hydrogen) atoms. The third-order valence-corrected chi connectivity index (χ3v) is 4.37. The molecule has 3 heterocycles. The molecule has 0 fully saturated rings. The van der Waals surface area contributed by atoms with Crippen LogP contribution in [0.5, 0.6) is 0 Å². The number of fused-ring (bicyclic) bond motifs is 1. The van der Waals surface area contributed by atoms with Crippen molar-refractivity contribution in [1.29, 1.82) is 0 Å². The van der Waals surface area contributed by atoms with Crippen molar-refractivity contribution in [3.8, 4) is 0 Å². The highest BCUT2D eigenvalue weighted by Gasteiger charge is 2.27. The van der Waals surface area contributed by atoms with E-state index in [1.807, 2.05) is 17.5 Å². The number of nitrogens with zero attached hydrogens (tertiary/aromatic N) is 5. The van der Waals surface area contributed by atoms with Crippen LogP contribution in [0, 0.1) is 5.82 Å². The van der Waals surface area contributed by atoms with Crippen molar-refractivity contribution in [3.05, 3.63) is 58.0 Å². The van der Waals surface area contributed by atoms with Crippen LogP contribution in [0.25, 0.3) is 0 Å². The Hall–Kier alpha value is -2.41. The molecule has 1 aliphatic heterocycles. The number of halogens is 1. The molecule has 0 aliphatic carbocycles. The first-order valence-corrected chi connectivity index (χ1v) is 7.34. The Morgan fingerprint density at radius 3 is 2.81 bits per heavy atom. The molecular formula is C14H10FN5S. The highest BCUT2D eigenvalue weighted by Crippen LogP contribution is 2.32. The van der Waals surface area contributed by atoms with Gasteiger partial charge in [0.05, 0.1) is 11.8 Å². The minimum atomic E-state index is -0.251. The van der Waals surface area contributed by atoms with Crippen molar-refractivity contribution in [2.75, 3.05) is 0 Å². The Morgan fingerprint density at radius 1 is 1.19 bits per heavy atom. The second-order valence-electron chi connectivity index (χ2n) is 4.73. The summed E-state index contributed by atoms with van der Waals surface area (Å²) in [4.78, 5) is 5.63. The van der Waals surface area contributed by atoms with Crippen LogP contribution in [0.2, 0.25) is 0 Å². The molecule has 104 valence electrons. The minimum Gasteiger partial charge on any atom is -0.213 e. The van der Waals surface area contributed by atoms with Crippen molar-refractivity contribution >= 4 is 23.0 Å². The number of rotatable bonds is 2. The smallest absolute Gasteiger partial charge is 0.213 e. The predicted molar refractivity (Wildman–Crippen MR) is 77.5 cm³/mol. The van der Waals surface area contributed by atoms with Gasteiger partial charge in [0.15, 0.2) is 0 Å². The molecule has 2 aromatic heterocycles. The average molecular weight is 299 g/mol. The van der Waals surface area contributed by atoms with Crippen LogP contribution in [0.15, 0.2) is 46.8 Å². The summed E-state index contributed by atoms with van der Waals surface area (Å²) in [5.74, 6) is 0.234. The first-order valence-electron chi connectivity index (χ1n) is 6.46. The van der Waals surface area contributed by atoms with Gasteiger partial charge in [-0.2, -0.15) is 0 Å². The number of aliphatic imine (C=N–C) groups is 1. The number of aromatic nitrogens is 4. The van der Waals surface area contributed by atoms with E-state index in [-0.39, 0.29) is 11.9 Å². The van der Waals surface area contributed by atoms with Gasteiger partial charge in [0.1, 0.15) is 5.82 Å². The fourth-order valence-electron chi connectivity index (χ4n) is 2.44. The topological polar surface area (TPSA) is 56.0 Å². The lowest BCUT2D eigenvalue weighted by molar-refractivity contribution is 0.513. The molecule has 0 bridgehead atoms. The van der Waals surface area contributed by atoms with Gasteiger partial charge in [0.2, 0.25) is 0 Å². The maximum Gasteiger partial charge on any atom is 0.269 e. The number of benzene rings is 1. The van der Waals surface area contributed by atoms with Gasteiger partial charge in [0.25, 0.3) is 5.95 Å². The van der Waals surface area contributed by atoms with Crippen LogP contribution in [0.3, 0.4) is 0 Å². The SMILES string of the molecule is Fc1ccc(C2CC(c3cccs3)=Nc3nnnn32)cc1. The zero-order valence-electron chi connectivity index (χ0n) is 10.8. The lowest BCUT2D eigenvalue weighted by Crippen LogP contribution is -2.20. The number of tetrazole rings is 1. The molecule has 3 aromatic rings. The summed E-state index contributed by atoms with van der Waals surface area (Å²) in [6.07, 6.45) is 0.685. The molecule has 4 rings (SSSR count). The van der Waals surface area contributed by atoms with Gasteiger partial charge in [-0.25, -0.2) is 14.1 Å². The molecule has 1 atom stereocenters. The normalized spacial score (nSPS) is 17.4. The van der Waals surface area contributed by atoms with Crippen LogP contribution in [-0.2, 0) is 0 Å². The number of hydrogen-bond acceptors (Lipinski definition) is 5. The molecule has 0 radical (unpaired) electrons. The van der Waals surface area contributed by atoms with Crippen LogP contribution in [0.1, 0.15) is 22.9 Å². The van der Waals surface area contributed by atoms with Gasteiger partial charge in [-0.15, -0.1) is 11.3 Å². The molecule has 0 N–H and O–H groups in total. The van der Waals surface area contributed by atoms with Gasteiger partial charge in [-0.3, -0.25) is 0 Å². The Morgan fingerprint density at radius 2 is 2.05 bits per heavy atom. The molecule has 5 nitrogen and oxygen atoms in total. The van der Waals surface area contributed by atoms with Gasteiger partial charge >= 0.3 is 0 Å². The van der Waals surface area contributed by atoms with E-state index >= 15 is 0 Å². The Bertz CT molecular complexity index is 791. The van der Waals surface area contributed by atoms with E-state index in [9.17, 15) is 4.39 Å². The largest absolute Gasteiger partial charge is 0.269 e. The van der Waals surface area contributed by atoms with Crippen molar-refractivity contribution in [2.24, 2.45) is 4.99 Å². The number of thiophene rings is 1. The number of hydrogen-bond donors (Lipinski definition) is 0. The summed E-state index contributed by atoms with van der Waals surface area (Å²) in [5.41, 5.74) is 1.93. The Kier molecular flexibility index (Phi) is 2.85. The highest BCUT2D eigenvalue weighted by atomic mass is 32.1. The fraction of sp³-hybridized carbons (Fsp3) is 0.143. The molecule has 0 amide bonds. The highest BCUT2D eigenvalue weighted by molar-refractivity contribution is 7.12. The minimum absolute atomic E-state index is 0.0646. The molecule has 7 heteroatoms. The summed E-state index contributed by atoms with van der Waals surface area (Å²) in [6.45, 7) is 0. The van der Waals surface area contributed by atoms with Crippen molar-refractivity contribution < 1.29 is 4.39 Å². The monoisotopic (exact) mass is 299 g/mol. The van der Waals surface area contributed by atoms with Crippen molar-refractivity contribution in [1.82, 2.24) is 20.2 Å². The van der Waals surface area contributed by atoms with Gasteiger partial charge < -0.3 is 0 Å². The molecule has 0 saturated heterocycles. The first kappa shape index (κ1) is 12.3. The zero-order valence-corrected chi connectivity index (χ0v) is 11.7. The second kappa shape index (κ2) is 4.85. The maximum atomic E-state index is 13.1. The average Bonchev–Trinajstić information content (AvgIpc) is 3.18. The van der Waals surface area contributed by atoms with Crippen LogP contribution >= 0.6 is 11.3 Å². The van der Waals surface area contributed by atoms with Gasteiger partial charge in [-0.05, 0) is 39.6 Å².